The van der Waals surface area contributed by atoms with Crippen molar-refractivity contribution in [2.75, 3.05) is 0 Å². The Balaban J connectivity index is 2.11. The lowest BCUT2D eigenvalue weighted by Crippen LogP contribution is -1.75. The van der Waals surface area contributed by atoms with Crippen molar-refractivity contribution in [2.24, 2.45) is 0 Å². The van der Waals surface area contributed by atoms with Crippen LogP contribution in [0.4, 0.5) is 0 Å². The Hall–Kier alpha value is -1.04. The molecule has 0 amide bonds. The van der Waals surface area contributed by atoms with Gasteiger partial charge < -0.3 is 0 Å². The second-order valence-corrected chi connectivity index (χ2v) is 3.35. The summed E-state index contributed by atoms with van der Waals surface area (Å²) in [6.45, 7) is 2.20. The predicted molar refractivity (Wildman–Crippen MR) is 52.2 cm³/mol. The van der Waals surface area contributed by atoms with E-state index in [0.29, 0.717) is 0 Å². The number of allylic oxidation sites excluding steroid dienone is 2. The summed E-state index contributed by atoms with van der Waals surface area (Å²) in [5, 5.41) is 0. The zero-order valence-electron chi connectivity index (χ0n) is 7.46. The minimum absolute atomic E-state index is 0.756. The first-order valence-electron chi connectivity index (χ1n) is 4.65. The molecule has 0 radical (unpaired) electrons. The third kappa shape index (κ3) is 1.42. The SMILES string of the molecule is CC/C=C1\C[C@H]1c1ccccc1. The molecule has 12 heavy (non-hydrogen) atoms. The fourth-order valence-electron chi connectivity index (χ4n) is 1.68. The van der Waals surface area contributed by atoms with E-state index in [2.05, 4.69) is 43.3 Å². The summed E-state index contributed by atoms with van der Waals surface area (Å²) in [4.78, 5) is 0. The lowest BCUT2D eigenvalue weighted by atomic mass is 10.1. The van der Waals surface area contributed by atoms with Gasteiger partial charge in [0.25, 0.3) is 0 Å². The molecule has 2 rings (SSSR count). The molecular formula is C12H14. The number of hydrogen-bond donors (Lipinski definition) is 0. The van der Waals surface area contributed by atoms with Crippen LogP contribution >= 0.6 is 0 Å². The van der Waals surface area contributed by atoms with Gasteiger partial charge in [0, 0.05) is 5.92 Å². The van der Waals surface area contributed by atoms with Crippen molar-refractivity contribution in [2.45, 2.75) is 25.7 Å². The van der Waals surface area contributed by atoms with Gasteiger partial charge in [-0.1, -0.05) is 48.9 Å². The van der Waals surface area contributed by atoms with Crippen LogP contribution in [0.15, 0.2) is 42.0 Å². The number of rotatable bonds is 2. The first kappa shape index (κ1) is 7.60. The average molecular weight is 158 g/mol. The van der Waals surface area contributed by atoms with Crippen molar-refractivity contribution >= 4 is 0 Å². The van der Waals surface area contributed by atoms with Crippen molar-refractivity contribution in [1.82, 2.24) is 0 Å². The molecule has 0 nitrogen and oxygen atoms in total. The number of benzene rings is 1. The first-order chi connectivity index (χ1) is 5.92. The molecule has 0 N–H and O–H groups in total. The van der Waals surface area contributed by atoms with Gasteiger partial charge in [-0.15, -0.1) is 0 Å². The third-order valence-corrected chi connectivity index (χ3v) is 2.40. The molecular weight excluding hydrogens is 144 g/mol. The molecule has 1 atom stereocenters. The smallest absolute Gasteiger partial charge is 0.00858 e. The fraction of sp³-hybridized carbons (Fsp3) is 0.333. The van der Waals surface area contributed by atoms with E-state index >= 15 is 0 Å². The highest BCUT2D eigenvalue weighted by Crippen LogP contribution is 2.46. The monoisotopic (exact) mass is 158 g/mol. The molecule has 1 saturated carbocycles. The maximum Gasteiger partial charge on any atom is 0.00858 e. The largest absolute Gasteiger partial charge is 0.0849 e. The minimum atomic E-state index is 0.756. The van der Waals surface area contributed by atoms with Gasteiger partial charge in [-0.2, -0.15) is 0 Å². The molecule has 0 spiro atoms. The van der Waals surface area contributed by atoms with Crippen LogP contribution in [0.1, 0.15) is 31.2 Å². The van der Waals surface area contributed by atoms with Gasteiger partial charge in [0.1, 0.15) is 0 Å². The summed E-state index contributed by atoms with van der Waals surface area (Å²) in [6.07, 6.45) is 4.83. The van der Waals surface area contributed by atoms with Crippen LogP contribution in [0.5, 0.6) is 0 Å². The van der Waals surface area contributed by atoms with E-state index in [0.717, 1.165) is 5.92 Å². The summed E-state index contributed by atoms with van der Waals surface area (Å²) in [5.41, 5.74) is 3.11. The Morgan fingerprint density at radius 3 is 2.75 bits per heavy atom. The molecule has 1 aromatic rings. The van der Waals surface area contributed by atoms with Crippen LogP contribution in [0.2, 0.25) is 0 Å². The van der Waals surface area contributed by atoms with Crippen molar-refractivity contribution in [3.05, 3.63) is 47.5 Å². The standard InChI is InChI=1S/C12H14/c1-2-6-11-9-12(11)10-7-4-3-5-8-10/h3-8,12H,2,9H2,1H3/b11-6+/t12-/m0/s1. The second kappa shape index (κ2) is 3.14. The summed E-state index contributed by atoms with van der Waals surface area (Å²) < 4.78 is 0. The van der Waals surface area contributed by atoms with Crippen LogP contribution in [-0.2, 0) is 0 Å². The maximum atomic E-state index is 2.36. The molecule has 1 aromatic carbocycles. The molecule has 0 unspecified atom stereocenters. The quantitative estimate of drug-likeness (QED) is 0.578. The molecule has 0 heteroatoms. The van der Waals surface area contributed by atoms with Gasteiger partial charge >= 0.3 is 0 Å². The maximum absolute atomic E-state index is 2.36. The normalized spacial score (nSPS) is 24.4. The molecule has 0 bridgehead atoms. The van der Waals surface area contributed by atoms with E-state index in [1.54, 1.807) is 5.57 Å². The lowest BCUT2D eigenvalue weighted by molar-refractivity contribution is 1.15. The van der Waals surface area contributed by atoms with Crippen LogP contribution in [-0.4, -0.2) is 0 Å². The molecule has 1 fully saturated rings. The highest BCUT2D eigenvalue weighted by molar-refractivity contribution is 5.40. The Bertz CT molecular complexity index is 282. The van der Waals surface area contributed by atoms with Gasteiger partial charge in [-0.3, -0.25) is 0 Å². The van der Waals surface area contributed by atoms with Crippen LogP contribution in [0, 0.1) is 0 Å². The molecule has 0 heterocycles. The van der Waals surface area contributed by atoms with Crippen molar-refractivity contribution < 1.29 is 0 Å². The molecule has 0 saturated heterocycles. The topological polar surface area (TPSA) is 0 Å². The van der Waals surface area contributed by atoms with Crippen molar-refractivity contribution in [3.8, 4) is 0 Å². The summed E-state index contributed by atoms with van der Waals surface area (Å²) in [5.74, 6) is 0.756. The Kier molecular flexibility index (Phi) is 1.99. The van der Waals surface area contributed by atoms with Gasteiger partial charge in [-0.05, 0) is 18.4 Å². The highest BCUT2D eigenvalue weighted by Gasteiger charge is 2.29. The van der Waals surface area contributed by atoms with Gasteiger partial charge in [0.15, 0.2) is 0 Å². The zero-order valence-corrected chi connectivity index (χ0v) is 7.46. The van der Waals surface area contributed by atoms with E-state index in [1.807, 2.05) is 0 Å². The van der Waals surface area contributed by atoms with Crippen molar-refractivity contribution in [3.63, 3.8) is 0 Å². The minimum Gasteiger partial charge on any atom is -0.0849 e. The average Bonchev–Trinajstić information content (AvgIpc) is 2.87. The van der Waals surface area contributed by atoms with Crippen LogP contribution in [0.25, 0.3) is 0 Å². The first-order valence-corrected chi connectivity index (χ1v) is 4.65. The Morgan fingerprint density at radius 1 is 1.33 bits per heavy atom. The van der Waals surface area contributed by atoms with Crippen LogP contribution < -0.4 is 0 Å². The van der Waals surface area contributed by atoms with E-state index in [1.165, 1.54) is 18.4 Å². The predicted octanol–water partition coefficient (Wildman–Crippen LogP) is 3.51. The van der Waals surface area contributed by atoms with E-state index in [-0.39, 0.29) is 0 Å². The van der Waals surface area contributed by atoms with Crippen molar-refractivity contribution in [1.29, 1.82) is 0 Å². The second-order valence-electron chi connectivity index (χ2n) is 3.35. The molecule has 0 aliphatic heterocycles. The lowest BCUT2D eigenvalue weighted by Gasteiger charge is -1.93. The van der Waals surface area contributed by atoms with Gasteiger partial charge in [0.05, 0.1) is 0 Å². The summed E-state index contributed by atoms with van der Waals surface area (Å²) >= 11 is 0. The number of hydrogen-bond acceptors (Lipinski definition) is 0. The molecule has 1 aliphatic rings. The van der Waals surface area contributed by atoms with Gasteiger partial charge in [0.2, 0.25) is 0 Å². The summed E-state index contributed by atoms with van der Waals surface area (Å²) in [6, 6.07) is 10.8. The van der Waals surface area contributed by atoms with E-state index in [9.17, 15) is 0 Å². The molecule has 62 valence electrons. The Labute approximate surface area is 73.9 Å². The zero-order chi connectivity index (χ0) is 8.39. The van der Waals surface area contributed by atoms with Crippen LogP contribution in [0.3, 0.4) is 0 Å². The molecule has 0 aromatic heterocycles. The summed E-state index contributed by atoms with van der Waals surface area (Å²) in [7, 11) is 0. The third-order valence-electron chi connectivity index (χ3n) is 2.40. The van der Waals surface area contributed by atoms with E-state index < -0.39 is 0 Å². The highest BCUT2D eigenvalue weighted by atomic mass is 14.3. The van der Waals surface area contributed by atoms with Gasteiger partial charge in [-0.25, -0.2) is 0 Å². The Morgan fingerprint density at radius 2 is 2.08 bits per heavy atom. The fourth-order valence-corrected chi connectivity index (χ4v) is 1.68. The molecule has 1 aliphatic carbocycles. The van der Waals surface area contributed by atoms with E-state index in [4.69, 9.17) is 0 Å².